The first-order chi connectivity index (χ1) is 8.70. The maximum atomic E-state index is 4.30. The highest BCUT2D eigenvalue weighted by Crippen LogP contribution is 2.21. The van der Waals surface area contributed by atoms with E-state index in [9.17, 15) is 0 Å². The molecule has 0 atom stereocenters. The average molecular weight is 264 g/mol. The van der Waals surface area contributed by atoms with Crippen LogP contribution in [0.4, 0.5) is 5.69 Å². The van der Waals surface area contributed by atoms with Crippen molar-refractivity contribution in [3.8, 4) is 0 Å². The Labute approximate surface area is 116 Å². The van der Waals surface area contributed by atoms with Gasteiger partial charge in [0, 0.05) is 44.2 Å². The molecular weight excluding hydrogens is 240 g/mol. The smallest absolute Gasteiger partial charge is 0.0367 e. The second kappa shape index (κ2) is 6.48. The zero-order chi connectivity index (χ0) is 13.0. The van der Waals surface area contributed by atoms with Crippen LogP contribution in [0.15, 0.2) is 24.3 Å². The lowest BCUT2D eigenvalue weighted by Crippen LogP contribution is -2.46. The molecule has 0 unspecified atom stereocenters. The highest BCUT2D eigenvalue weighted by Gasteiger charge is 2.16. The Morgan fingerprint density at radius 3 is 2.17 bits per heavy atom. The van der Waals surface area contributed by atoms with Crippen molar-refractivity contribution in [3.63, 3.8) is 0 Å². The summed E-state index contributed by atoms with van der Waals surface area (Å²) in [6.07, 6.45) is 0. The number of piperazine rings is 1. The van der Waals surface area contributed by atoms with Gasteiger partial charge in [-0.15, -0.1) is 0 Å². The van der Waals surface area contributed by atoms with Crippen LogP contribution in [-0.4, -0.2) is 43.4 Å². The molecule has 1 aliphatic rings. The molecule has 1 saturated heterocycles. The highest BCUT2D eigenvalue weighted by atomic mass is 32.1. The third kappa shape index (κ3) is 3.42. The van der Waals surface area contributed by atoms with E-state index in [1.54, 1.807) is 0 Å². The number of hydrogen-bond acceptors (Lipinski definition) is 3. The maximum Gasteiger partial charge on any atom is 0.0367 e. The molecule has 3 heteroatoms. The second-order valence-corrected chi connectivity index (χ2v) is 5.75. The Morgan fingerprint density at radius 1 is 1.06 bits per heavy atom. The third-order valence-electron chi connectivity index (χ3n) is 3.71. The van der Waals surface area contributed by atoms with E-state index in [-0.39, 0.29) is 0 Å². The van der Waals surface area contributed by atoms with Gasteiger partial charge < -0.3 is 4.90 Å². The molecule has 0 saturated carbocycles. The molecule has 0 spiro atoms. The molecular formula is C15H24N2S. The normalized spacial score (nSPS) is 17.4. The van der Waals surface area contributed by atoms with E-state index in [0.29, 0.717) is 5.92 Å². The van der Waals surface area contributed by atoms with Gasteiger partial charge in [0.05, 0.1) is 0 Å². The van der Waals surface area contributed by atoms with Crippen molar-refractivity contribution < 1.29 is 0 Å². The van der Waals surface area contributed by atoms with E-state index in [4.69, 9.17) is 0 Å². The van der Waals surface area contributed by atoms with Gasteiger partial charge in [0.15, 0.2) is 0 Å². The molecule has 1 heterocycles. The van der Waals surface area contributed by atoms with E-state index in [2.05, 4.69) is 60.5 Å². The molecule has 1 aliphatic heterocycles. The Bertz CT molecular complexity index is 353. The Balaban J connectivity index is 1.93. The molecule has 1 aromatic carbocycles. The fourth-order valence-electron chi connectivity index (χ4n) is 2.44. The van der Waals surface area contributed by atoms with Crippen molar-refractivity contribution in [3.05, 3.63) is 29.8 Å². The molecule has 0 aliphatic carbocycles. The van der Waals surface area contributed by atoms with E-state index < -0.39 is 0 Å². The van der Waals surface area contributed by atoms with E-state index >= 15 is 0 Å². The van der Waals surface area contributed by atoms with Crippen LogP contribution in [0.3, 0.4) is 0 Å². The summed E-state index contributed by atoms with van der Waals surface area (Å²) in [6.45, 7) is 10.2. The lowest BCUT2D eigenvalue weighted by atomic mass is 10.0. The summed E-state index contributed by atoms with van der Waals surface area (Å²) >= 11 is 4.30. The molecule has 100 valence electrons. The van der Waals surface area contributed by atoms with Gasteiger partial charge in [-0.1, -0.05) is 26.0 Å². The van der Waals surface area contributed by atoms with Gasteiger partial charge in [0.25, 0.3) is 0 Å². The first-order valence-corrected chi connectivity index (χ1v) is 7.52. The monoisotopic (exact) mass is 264 g/mol. The zero-order valence-electron chi connectivity index (χ0n) is 11.5. The maximum absolute atomic E-state index is 4.30. The van der Waals surface area contributed by atoms with Crippen molar-refractivity contribution in [1.29, 1.82) is 0 Å². The fourth-order valence-corrected chi connectivity index (χ4v) is 2.72. The first-order valence-electron chi connectivity index (χ1n) is 6.89. The molecule has 18 heavy (non-hydrogen) atoms. The Morgan fingerprint density at radius 2 is 1.67 bits per heavy atom. The van der Waals surface area contributed by atoms with Crippen LogP contribution in [0.5, 0.6) is 0 Å². The lowest BCUT2D eigenvalue weighted by molar-refractivity contribution is 0.273. The van der Waals surface area contributed by atoms with Crippen molar-refractivity contribution in [2.24, 2.45) is 0 Å². The summed E-state index contributed by atoms with van der Waals surface area (Å²) < 4.78 is 0. The van der Waals surface area contributed by atoms with Crippen molar-refractivity contribution in [2.75, 3.05) is 43.4 Å². The molecule has 0 aromatic heterocycles. The minimum Gasteiger partial charge on any atom is -0.369 e. The van der Waals surface area contributed by atoms with E-state index in [0.717, 1.165) is 38.5 Å². The van der Waals surface area contributed by atoms with Crippen LogP contribution in [0.2, 0.25) is 0 Å². The molecule has 0 radical (unpaired) electrons. The van der Waals surface area contributed by atoms with Gasteiger partial charge in [-0.3, -0.25) is 4.90 Å². The number of rotatable bonds is 4. The van der Waals surface area contributed by atoms with Gasteiger partial charge in [-0.25, -0.2) is 0 Å². The third-order valence-corrected chi connectivity index (χ3v) is 3.91. The summed E-state index contributed by atoms with van der Waals surface area (Å²) in [6, 6.07) is 9.06. The number of anilines is 1. The number of benzene rings is 1. The quantitative estimate of drug-likeness (QED) is 0.836. The molecule has 0 amide bonds. The number of nitrogens with zero attached hydrogens (tertiary/aromatic N) is 2. The minimum absolute atomic E-state index is 0.617. The molecule has 0 bridgehead atoms. The fraction of sp³-hybridized carbons (Fsp3) is 0.600. The molecule has 1 fully saturated rings. The zero-order valence-corrected chi connectivity index (χ0v) is 12.4. The van der Waals surface area contributed by atoms with Gasteiger partial charge in [0.2, 0.25) is 0 Å². The second-order valence-electron chi connectivity index (χ2n) is 5.30. The minimum atomic E-state index is 0.617. The molecule has 0 N–H and O–H groups in total. The topological polar surface area (TPSA) is 6.48 Å². The van der Waals surface area contributed by atoms with E-state index in [1.165, 1.54) is 11.3 Å². The lowest BCUT2D eigenvalue weighted by Gasteiger charge is -2.36. The first kappa shape index (κ1) is 13.8. The summed E-state index contributed by atoms with van der Waals surface area (Å²) in [4.78, 5) is 4.98. The average Bonchev–Trinajstić information content (AvgIpc) is 2.40. The Hall–Kier alpha value is -0.670. The predicted molar refractivity (Wildman–Crippen MR) is 83.0 cm³/mol. The van der Waals surface area contributed by atoms with Crippen LogP contribution in [0, 0.1) is 0 Å². The number of thiol groups is 1. The summed E-state index contributed by atoms with van der Waals surface area (Å²) in [5, 5.41) is 0. The van der Waals surface area contributed by atoms with Crippen LogP contribution in [0.25, 0.3) is 0 Å². The van der Waals surface area contributed by atoms with Gasteiger partial charge in [-0.05, 0) is 23.6 Å². The van der Waals surface area contributed by atoms with Crippen molar-refractivity contribution >= 4 is 18.3 Å². The molecule has 2 nitrogen and oxygen atoms in total. The summed E-state index contributed by atoms with van der Waals surface area (Å²) in [5.74, 6) is 1.58. The summed E-state index contributed by atoms with van der Waals surface area (Å²) in [5.41, 5.74) is 2.79. The number of hydrogen-bond donors (Lipinski definition) is 1. The van der Waals surface area contributed by atoms with Crippen molar-refractivity contribution in [2.45, 2.75) is 19.8 Å². The Kier molecular flexibility index (Phi) is 4.95. The van der Waals surface area contributed by atoms with Gasteiger partial charge in [0.1, 0.15) is 0 Å². The van der Waals surface area contributed by atoms with Gasteiger partial charge >= 0.3 is 0 Å². The SMILES string of the molecule is CC(C)c1ccc(N2CCN(CCS)CC2)cc1. The standard InChI is InChI=1S/C15H24N2S/c1-13(2)14-3-5-15(6-4-14)17-9-7-16(8-10-17)11-12-18/h3-6,13,18H,7-12H2,1-2H3. The van der Waals surface area contributed by atoms with E-state index in [1.807, 2.05) is 0 Å². The van der Waals surface area contributed by atoms with Crippen molar-refractivity contribution in [1.82, 2.24) is 4.90 Å². The molecule has 2 rings (SSSR count). The van der Waals surface area contributed by atoms with Gasteiger partial charge in [-0.2, -0.15) is 12.6 Å². The van der Waals surface area contributed by atoms with Crippen LogP contribution in [-0.2, 0) is 0 Å². The highest BCUT2D eigenvalue weighted by molar-refractivity contribution is 7.80. The molecule has 1 aromatic rings. The van der Waals surface area contributed by atoms with Crippen LogP contribution < -0.4 is 4.90 Å². The summed E-state index contributed by atoms with van der Waals surface area (Å²) in [7, 11) is 0. The largest absolute Gasteiger partial charge is 0.369 e. The van der Waals surface area contributed by atoms with Crippen LogP contribution in [0.1, 0.15) is 25.3 Å². The van der Waals surface area contributed by atoms with Crippen LogP contribution >= 0.6 is 12.6 Å². The predicted octanol–water partition coefficient (Wildman–Crippen LogP) is 2.86.